The van der Waals surface area contributed by atoms with E-state index in [1.807, 2.05) is 6.92 Å². The van der Waals surface area contributed by atoms with Gasteiger partial charge in [-0.3, -0.25) is 19.2 Å². The first-order valence-electron chi connectivity index (χ1n) is 10.8. The second kappa shape index (κ2) is 10.6. The Morgan fingerprint density at radius 3 is 2.08 bits per heavy atom. The lowest BCUT2D eigenvalue weighted by atomic mass is 10.2. The van der Waals surface area contributed by atoms with Gasteiger partial charge in [-0.2, -0.15) is 0 Å². The average Bonchev–Trinajstić information content (AvgIpc) is 2.86. The van der Waals surface area contributed by atoms with E-state index in [1.165, 1.54) is 54.9 Å². The molecule has 12 heteroatoms. The lowest BCUT2D eigenvalue weighted by molar-refractivity contribution is 0.102. The van der Waals surface area contributed by atoms with Gasteiger partial charge in [0.15, 0.2) is 0 Å². The largest absolute Gasteiger partial charge is 0.322 e. The van der Waals surface area contributed by atoms with Crippen LogP contribution in [0.1, 0.15) is 15.9 Å². The monoisotopic (exact) mass is 556 g/mol. The summed E-state index contributed by atoms with van der Waals surface area (Å²) in [4.78, 5) is 16.4. The first kappa shape index (κ1) is 26.1. The molecule has 0 aliphatic heterocycles. The van der Waals surface area contributed by atoms with Crippen LogP contribution < -0.4 is 14.8 Å². The van der Waals surface area contributed by atoms with E-state index in [0.29, 0.717) is 17.1 Å². The van der Waals surface area contributed by atoms with Crippen molar-refractivity contribution in [2.45, 2.75) is 16.7 Å². The molecule has 1 amide bonds. The van der Waals surface area contributed by atoms with Crippen molar-refractivity contribution in [1.29, 1.82) is 0 Å². The number of nitrogens with one attached hydrogen (secondary N) is 3. The second-order valence-corrected chi connectivity index (χ2v) is 11.7. The number of aryl methyl sites for hydroxylation is 1. The van der Waals surface area contributed by atoms with Gasteiger partial charge in [0.25, 0.3) is 26.0 Å². The van der Waals surface area contributed by atoms with Gasteiger partial charge in [0, 0.05) is 23.1 Å². The van der Waals surface area contributed by atoms with Crippen molar-refractivity contribution >= 4 is 54.6 Å². The van der Waals surface area contributed by atoms with Gasteiger partial charge in [-0.1, -0.05) is 29.3 Å². The SMILES string of the molecule is Cc1ccc(NS(=O)(=O)c2cc(C(=O)Nc3ccc(S(=O)(=O)Nc4cccnc4)cc3)ccc2Cl)cc1. The number of rotatable bonds is 8. The molecule has 0 saturated carbocycles. The van der Waals surface area contributed by atoms with E-state index < -0.39 is 26.0 Å². The number of hydrogen-bond acceptors (Lipinski definition) is 6. The number of carbonyl (C=O) groups excluding carboxylic acids is 1. The van der Waals surface area contributed by atoms with Crippen LogP contribution in [0.5, 0.6) is 0 Å². The van der Waals surface area contributed by atoms with Crippen molar-refractivity contribution in [2.75, 3.05) is 14.8 Å². The minimum Gasteiger partial charge on any atom is -0.322 e. The number of carbonyl (C=O) groups is 1. The van der Waals surface area contributed by atoms with Gasteiger partial charge >= 0.3 is 0 Å². The minimum atomic E-state index is -4.07. The molecule has 0 saturated heterocycles. The topological polar surface area (TPSA) is 134 Å². The summed E-state index contributed by atoms with van der Waals surface area (Å²) in [5, 5.41) is 2.57. The molecule has 0 fully saturated rings. The number of amides is 1. The predicted molar refractivity (Wildman–Crippen MR) is 143 cm³/mol. The number of hydrogen-bond donors (Lipinski definition) is 3. The zero-order valence-corrected chi connectivity index (χ0v) is 21.7. The van der Waals surface area contributed by atoms with Crippen LogP contribution in [0.4, 0.5) is 17.1 Å². The van der Waals surface area contributed by atoms with Crippen molar-refractivity contribution < 1.29 is 21.6 Å². The van der Waals surface area contributed by atoms with Crippen molar-refractivity contribution in [3.63, 3.8) is 0 Å². The Hall–Kier alpha value is -3.93. The van der Waals surface area contributed by atoms with Gasteiger partial charge in [-0.25, -0.2) is 16.8 Å². The Bertz CT molecular complexity index is 1640. The number of anilines is 3. The maximum atomic E-state index is 12.9. The lowest BCUT2D eigenvalue weighted by Crippen LogP contribution is -2.17. The summed E-state index contributed by atoms with van der Waals surface area (Å²) in [7, 11) is -7.93. The average molecular weight is 557 g/mol. The van der Waals surface area contributed by atoms with Crippen molar-refractivity contribution in [3.8, 4) is 0 Å². The van der Waals surface area contributed by atoms with Gasteiger partial charge in [0.05, 0.1) is 21.8 Å². The zero-order chi connectivity index (χ0) is 26.6. The molecule has 0 bridgehead atoms. The number of halogens is 1. The van der Waals surface area contributed by atoms with E-state index >= 15 is 0 Å². The normalized spacial score (nSPS) is 11.5. The maximum Gasteiger partial charge on any atom is 0.263 e. The molecule has 4 aromatic rings. The highest BCUT2D eigenvalue weighted by Gasteiger charge is 2.21. The fourth-order valence-electron chi connectivity index (χ4n) is 3.24. The highest BCUT2D eigenvalue weighted by atomic mass is 35.5. The van der Waals surface area contributed by atoms with Gasteiger partial charge in [0.1, 0.15) is 4.90 Å². The summed E-state index contributed by atoms with van der Waals surface area (Å²) in [5.74, 6) is -0.604. The van der Waals surface area contributed by atoms with Crippen LogP contribution in [0.25, 0.3) is 0 Å². The van der Waals surface area contributed by atoms with Gasteiger partial charge in [-0.05, 0) is 73.7 Å². The summed E-state index contributed by atoms with van der Waals surface area (Å²) in [6.45, 7) is 1.88. The van der Waals surface area contributed by atoms with Crippen LogP contribution in [0, 0.1) is 6.92 Å². The molecule has 0 unspecified atom stereocenters. The Kier molecular flexibility index (Phi) is 7.48. The number of benzene rings is 3. The van der Waals surface area contributed by atoms with Crippen molar-refractivity contribution in [1.82, 2.24) is 4.98 Å². The Morgan fingerprint density at radius 1 is 0.784 bits per heavy atom. The summed E-state index contributed by atoms with van der Waals surface area (Å²) in [5.41, 5.74) is 1.98. The van der Waals surface area contributed by atoms with E-state index in [1.54, 1.807) is 36.4 Å². The van der Waals surface area contributed by atoms with Crippen molar-refractivity contribution in [2.24, 2.45) is 0 Å². The molecule has 1 heterocycles. The molecule has 3 aromatic carbocycles. The Morgan fingerprint density at radius 2 is 1.43 bits per heavy atom. The van der Waals surface area contributed by atoms with E-state index in [2.05, 4.69) is 19.7 Å². The van der Waals surface area contributed by atoms with Crippen LogP contribution in [0.3, 0.4) is 0 Å². The Balaban J connectivity index is 1.49. The first-order chi connectivity index (χ1) is 17.5. The predicted octanol–water partition coefficient (Wildman–Crippen LogP) is 4.90. The number of nitrogens with zero attached hydrogens (tertiary/aromatic N) is 1. The summed E-state index contributed by atoms with van der Waals surface area (Å²) < 4.78 is 55.8. The van der Waals surface area contributed by atoms with Crippen LogP contribution in [-0.2, 0) is 20.0 Å². The molecule has 0 aliphatic carbocycles. The van der Waals surface area contributed by atoms with Gasteiger partial charge < -0.3 is 5.32 Å². The lowest BCUT2D eigenvalue weighted by Gasteiger charge is -2.12. The van der Waals surface area contributed by atoms with Gasteiger partial charge in [-0.15, -0.1) is 0 Å². The van der Waals surface area contributed by atoms with E-state index in [9.17, 15) is 21.6 Å². The number of pyridine rings is 1. The molecule has 0 aliphatic rings. The zero-order valence-electron chi connectivity index (χ0n) is 19.3. The van der Waals surface area contributed by atoms with Crippen LogP contribution in [0.15, 0.2) is 101 Å². The van der Waals surface area contributed by atoms with Crippen LogP contribution in [-0.4, -0.2) is 27.7 Å². The third kappa shape index (κ3) is 6.45. The number of aromatic nitrogens is 1. The van der Waals surface area contributed by atoms with Crippen LogP contribution in [0.2, 0.25) is 5.02 Å². The van der Waals surface area contributed by atoms with E-state index in [0.717, 1.165) is 5.56 Å². The highest BCUT2D eigenvalue weighted by Crippen LogP contribution is 2.26. The van der Waals surface area contributed by atoms with E-state index in [4.69, 9.17) is 11.6 Å². The van der Waals surface area contributed by atoms with E-state index in [-0.39, 0.29) is 20.4 Å². The number of sulfonamides is 2. The molecule has 0 atom stereocenters. The highest BCUT2D eigenvalue weighted by molar-refractivity contribution is 7.93. The fourth-order valence-corrected chi connectivity index (χ4v) is 5.87. The molecule has 9 nitrogen and oxygen atoms in total. The molecule has 4 rings (SSSR count). The molecule has 190 valence electrons. The first-order valence-corrected chi connectivity index (χ1v) is 14.1. The van der Waals surface area contributed by atoms with Gasteiger partial charge in [0.2, 0.25) is 0 Å². The summed E-state index contributed by atoms with van der Waals surface area (Å²) >= 11 is 6.14. The molecule has 1 aromatic heterocycles. The smallest absolute Gasteiger partial charge is 0.263 e. The third-order valence-corrected chi connectivity index (χ3v) is 8.38. The molecule has 3 N–H and O–H groups in total. The molecule has 0 spiro atoms. The van der Waals surface area contributed by atoms with Crippen LogP contribution >= 0.6 is 11.6 Å². The molecular weight excluding hydrogens is 536 g/mol. The quantitative estimate of drug-likeness (QED) is 0.283. The maximum absolute atomic E-state index is 12.9. The fraction of sp³-hybridized carbons (Fsp3) is 0.0400. The molecule has 0 radical (unpaired) electrons. The standard InChI is InChI=1S/C25H21ClN4O5S2/c1-17-4-7-20(8-5-17)29-37(34,35)24-15-18(6-13-23(24)26)25(31)28-19-9-11-22(12-10-19)36(32,33)30-21-3-2-14-27-16-21/h2-16,29-30H,1H3,(H,28,31). The summed E-state index contributed by atoms with van der Waals surface area (Å²) in [6, 6.07) is 19.3. The second-order valence-electron chi connectivity index (χ2n) is 7.94. The summed E-state index contributed by atoms with van der Waals surface area (Å²) in [6.07, 6.45) is 2.90. The minimum absolute atomic E-state index is 0.0172. The third-order valence-electron chi connectivity index (χ3n) is 5.12. The molecule has 37 heavy (non-hydrogen) atoms. The van der Waals surface area contributed by atoms with Crippen molar-refractivity contribution in [3.05, 3.63) is 107 Å². The Labute approximate surface area is 219 Å². The molecular formula is C25H21ClN4O5S2.